The molecule has 0 amide bonds. The largest absolute Gasteiger partial charge is 0.456 e. The third-order valence-corrected chi connectivity index (χ3v) is 9.12. The molecule has 0 bridgehead atoms. The topological polar surface area (TPSA) is 35.5 Å². The van der Waals surface area contributed by atoms with Gasteiger partial charge in [0.25, 0.3) is 0 Å². The second-order valence-corrected chi connectivity index (χ2v) is 11.6. The summed E-state index contributed by atoms with van der Waals surface area (Å²) in [6.45, 7) is 0. The molecule has 10 rings (SSSR count). The molecule has 3 nitrogen and oxygen atoms in total. The second-order valence-electron chi connectivity index (χ2n) is 11.6. The molecule has 0 atom stereocenters. The Kier molecular flexibility index (Phi) is 5.00. The Morgan fingerprint density at radius 3 is 1.24 bits per heavy atom. The zero-order valence-corrected chi connectivity index (χ0v) is 24.1. The molecular formula is C42H24O3. The van der Waals surface area contributed by atoms with Crippen LogP contribution in [0.1, 0.15) is 0 Å². The van der Waals surface area contributed by atoms with E-state index in [9.17, 15) is 0 Å². The minimum atomic E-state index is 0.828. The van der Waals surface area contributed by atoms with E-state index in [1.54, 1.807) is 0 Å². The molecule has 45 heavy (non-hydrogen) atoms. The van der Waals surface area contributed by atoms with Gasteiger partial charge in [-0.3, -0.25) is 0 Å². The van der Waals surface area contributed by atoms with Gasteiger partial charge in [0.1, 0.15) is 33.8 Å². The first-order chi connectivity index (χ1) is 22.3. The van der Waals surface area contributed by atoms with Gasteiger partial charge in [-0.15, -0.1) is 0 Å². The summed E-state index contributed by atoms with van der Waals surface area (Å²) >= 11 is 0. The van der Waals surface area contributed by atoms with E-state index in [2.05, 4.69) is 121 Å². The summed E-state index contributed by atoms with van der Waals surface area (Å²) in [5.41, 5.74) is 12.2. The van der Waals surface area contributed by atoms with Gasteiger partial charge in [-0.1, -0.05) is 109 Å². The Labute approximate surface area is 258 Å². The second kappa shape index (κ2) is 9.22. The molecule has 9 aromatic rings. The lowest BCUT2D eigenvalue weighted by Crippen LogP contribution is -1.88. The molecule has 0 saturated heterocycles. The van der Waals surface area contributed by atoms with Gasteiger partial charge in [-0.05, 0) is 58.7 Å². The molecule has 0 spiro atoms. The van der Waals surface area contributed by atoms with Crippen LogP contribution in [0.3, 0.4) is 0 Å². The Hall–Kier alpha value is -6.06. The van der Waals surface area contributed by atoms with Crippen LogP contribution in [0.4, 0.5) is 0 Å². The normalized spacial score (nSPS) is 12.2. The number of rotatable bonds is 2. The maximum absolute atomic E-state index is 6.69. The maximum atomic E-state index is 6.69. The highest BCUT2D eigenvalue weighted by atomic mass is 16.5. The number of para-hydroxylation sites is 4. The highest BCUT2D eigenvalue weighted by Gasteiger charge is 2.23. The Balaban J connectivity index is 1.15. The van der Waals surface area contributed by atoms with Gasteiger partial charge in [-0.25, -0.2) is 0 Å². The standard InChI is InChI=1S/C42H24O3/c1-2-10-30-29(9-1)35-23-25(27-13-7-15-33-31-11-3-5-17-37(31)44-41(27)33)19-21-39(35)43-40-22-20-26(24-36(30)40)28-14-8-16-34-32-12-4-6-18-38(32)45-42(28)34/h1-24H. The first kappa shape index (κ1) is 24.4. The molecule has 0 aliphatic carbocycles. The van der Waals surface area contributed by atoms with Crippen LogP contribution >= 0.6 is 0 Å². The Morgan fingerprint density at radius 2 is 0.733 bits per heavy atom. The molecular weight excluding hydrogens is 552 g/mol. The Morgan fingerprint density at radius 1 is 0.311 bits per heavy atom. The van der Waals surface area contributed by atoms with E-state index < -0.39 is 0 Å². The molecule has 0 unspecified atom stereocenters. The summed E-state index contributed by atoms with van der Waals surface area (Å²) in [7, 11) is 0. The van der Waals surface area contributed by atoms with Crippen molar-refractivity contribution in [2.45, 2.75) is 0 Å². The summed E-state index contributed by atoms with van der Waals surface area (Å²) < 4.78 is 19.5. The third kappa shape index (κ3) is 3.58. The summed E-state index contributed by atoms with van der Waals surface area (Å²) in [6.07, 6.45) is 0. The van der Waals surface area contributed by atoms with Crippen molar-refractivity contribution in [3.8, 4) is 56.0 Å². The molecule has 0 fully saturated rings. The molecule has 0 saturated carbocycles. The zero-order chi connectivity index (χ0) is 29.5. The van der Waals surface area contributed by atoms with Crippen LogP contribution in [0.5, 0.6) is 11.5 Å². The molecule has 0 radical (unpaired) electrons. The fourth-order valence-electron chi connectivity index (χ4n) is 7.01. The van der Waals surface area contributed by atoms with E-state index in [-0.39, 0.29) is 0 Å². The lowest BCUT2D eigenvalue weighted by atomic mass is 9.91. The Bertz CT molecular complexity index is 2450. The van der Waals surface area contributed by atoms with E-state index in [0.717, 1.165) is 99.9 Å². The average Bonchev–Trinajstić information content (AvgIpc) is 3.63. The van der Waals surface area contributed by atoms with Crippen molar-refractivity contribution in [2.75, 3.05) is 0 Å². The minimum Gasteiger partial charge on any atom is -0.456 e. The van der Waals surface area contributed by atoms with Crippen molar-refractivity contribution < 1.29 is 13.6 Å². The van der Waals surface area contributed by atoms with Gasteiger partial charge in [0.2, 0.25) is 0 Å². The van der Waals surface area contributed by atoms with Crippen molar-refractivity contribution in [1.82, 2.24) is 0 Å². The fraction of sp³-hybridized carbons (Fsp3) is 0. The van der Waals surface area contributed by atoms with Crippen LogP contribution in [0.2, 0.25) is 0 Å². The summed E-state index contributed by atoms with van der Waals surface area (Å²) in [5.74, 6) is 1.66. The van der Waals surface area contributed by atoms with Gasteiger partial charge in [-0.2, -0.15) is 0 Å². The number of fused-ring (bicyclic) bond motifs is 11. The van der Waals surface area contributed by atoms with Gasteiger partial charge >= 0.3 is 0 Å². The van der Waals surface area contributed by atoms with Crippen molar-refractivity contribution >= 4 is 43.9 Å². The van der Waals surface area contributed by atoms with E-state index in [4.69, 9.17) is 13.6 Å². The van der Waals surface area contributed by atoms with Crippen LogP contribution in [0.25, 0.3) is 88.4 Å². The van der Waals surface area contributed by atoms with E-state index in [0.29, 0.717) is 0 Å². The lowest BCUT2D eigenvalue weighted by molar-refractivity contribution is 0.488. The number of hydrogen-bond acceptors (Lipinski definition) is 3. The first-order valence-electron chi connectivity index (χ1n) is 15.2. The molecule has 0 N–H and O–H groups in total. The molecule has 1 aliphatic heterocycles. The fourth-order valence-corrected chi connectivity index (χ4v) is 7.01. The van der Waals surface area contributed by atoms with Crippen LogP contribution < -0.4 is 4.74 Å². The number of hydrogen-bond donors (Lipinski definition) is 0. The molecule has 3 heteroatoms. The SMILES string of the molecule is c1ccc2c(c1)-c1cc(-c3cccc4c3oc3ccccc34)ccc1Oc1ccc(-c3cccc4c3oc3ccccc34)cc1-2. The van der Waals surface area contributed by atoms with E-state index in [1.165, 1.54) is 0 Å². The van der Waals surface area contributed by atoms with Gasteiger partial charge < -0.3 is 13.6 Å². The van der Waals surface area contributed by atoms with Crippen molar-refractivity contribution in [3.05, 3.63) is 146 Å². The lowest BCUT2D eigenvalue weighted by Gasteiger charge is -2.12. The molecule has 3 heterocycles. The predicted molar refractivity (Wildman–Crippen MR) is 183 cm³/mol. The number of ether oxygens (including phenoxy) is 1. The van der Waals surface area contributed by atoms with E-state index in [1.807, 2.05) is 24.3 Å². The smallest absolute Gasteiger partial charge is 0.143 e. The number of furan rings is 2. The van der Waals surface area contributed by atoms with Gasteiger partial charge in [0.15, 0.2) is 0 Å². The monoisotopic (exact) mass is 576 g/mol. The van der Waals surface area contributed by atoms with E-state index >= 15 is 0 Å². The number of benzene rings is 7. The summed E-state index contributed by atoms with van der Waals surface area (Å²) in [6, 6.07) is 50.6. The van der Waals surface area contributed by atoms with Crippen LogP contribution in [0.15, 0.2) is 154 Å². The highest BCUT2D eigenvalue weighted by Crippen LogP contribution is 2.49. The molecule has 1 aliphatic rings. The minimum absolute atomic E-state index is 0.828. The first-order valence-corrected chi connectivity index (χ1v) is 15.2. The quantitative estimate of drug-likeness (QED) is 0.205. The van der Waals surface area contributed by atoms with Gasteiger partial charge in [0, 0.05) is 43.8 Å². The maximum Gasteiger partial charge on any atom is 0.143 e. The molecule has 7 aromatic carbocycles. The zero-order valence-electron chi connectivity index (χ0n) is 24.1. The third-order valence-electron chi connectivity index (χ3n) is 9.12. The van der Waals surface area contributed by atoms with Crippen LogP contribution in [-0.2, 0) is 0 Å². The van der Waals surface area contributed by atoms with Crippen LogP contribution in [-0.4, -0.2) is 0 Å². The van der Waals surface area contributed by atoms with Crippen molar-refractivity contribution in [1.29, 1.82) is 0 Å². The summed E-state index contributed by atoms with van der Waals surface area (Å²) in [5, 5.41) is 4.49. The van der Waals surface area contributed by atoms with Crippen molar-refractivity contribution in [2.24, 2.45) is 0 Å². The van der Waals surface area contributed by atoms with Crippen LogP contribution in [0, 0.1) is 0 Å². The highest BCUT2D eigenvalue weighted by molar-refractivity contribution is 6.11. The predicted octanol–water partition coefficient (Wildman–Crippen LogP) is 12.3. The average molecular weight is 577 g/mol. The molecule has 2 aromatic heterocycles. The van der Waals surface area contributed by atoms with Gasteiger partial charge in [0.05, 0.1) is 0 Å². The summed E-state index contributed by atoms with van der Waals surface area (Å²) in [4.78, 5) is 0. The van der Waals surface area contributed by atoms with Crippen molar-refractivity contribution in [3.63, 3.8) is 0 Å². The molecule has 210 valence electrons.